The highest BCUT2D eigenvalue weighted by Crippen LogP contribution is 2.31. The molecule has 210 valence electrons. The van der Waals surface area contributed by atoms with Gasteiger partial charge in [-0.3, -0.25) is 9.59 Å². The number of ether oxygens (including phenoxy) is 1. The van der Waals surface area contributed by atoms with Crippen molar-refractivity contribution in [1.82, 2.24) is 20.1 Å². The third kappa shape index (κ3) is 8.75. The molecule has 0 saturated carbocycles. The first-order valence-electron chi connectivity index (χ1n) is 13.4. The lowest BCUT2D eigenvalue weighted by Gasteiger charge is -2.39. The summed E-state index contributed by atoms with van der Waals surface area (Å²) in [4.78, 5) is 45.5. The molecule has 1 aromatic rings. The van der Waals surface area contributed by atoms with E-state index in [1.807, 2.05) is 20.9 Å². The molecular weight excluding hydrogens is 492 g/mol. The van der Waals surface area contributed by atoms with Crippen LogP contribution in [0.3, 0.4) is 0 Å². The van der Waals surface area contributed by atoms with E-state index in [2.05, 4.69) is 43.0 Å². The third-order valence-corrected chi connectivity index (χ3v) is 8.66. The van der Waals surface area contributed by atoms with E-state index >= 15 is 0 Å². The summed E-state index contributed by atoms with van der Waals surface area (Å²) in [6.45, 7) is 13.7. The van der Waals surface area contributed by atoms with Gasteiger partial charge in [0.2, 0.25) is 5.91 Å². The van der Waals surface area contributed by atoms with Gasteiger partial charge in [0, 0.05) is 44.4 Å². The molecule has 2 heterocycles. The van der Waals surface area contributed by atoms with Crippen LogP contribution in [0.25, 0.3) is 0 Å². The van der Waals surface area contributed by atoms with Gasteiger partial charge in [0.1, 0.15) is 5.01 Å². The quantitative estimate of drug-likeness (QED) is 0.362. The number of esters is 1. The summed E-state index contributed by atoms with van der Waals surface area (Å²) in [6, 6.07) is -0.164. The molecule has 1 aliphatic rings. The highest BCUT2D eigenvalue weighted by molar-refractivity contribution is 7.09. The van der Waals surface area contributed by atoms with Crippen molar-refractivity contribution in [2.45, 2.75) is 91.5 Å². The number of nitrogens with one attached hydrogen (secondary N) is 1. The van der Waals surface area contributed by atoms with Crippen LogP contribution in [0, 0.1) is 17.8 Å². The van der Waals surface area contributed by atoms with E-state index < -0.39 is 18.0 Å². The van der Waals surface area contributed by atoms with Crippen LogP contribution in [0.2, 0.25) is 0 Å². The second-order valence-electron chi connectivity index (χ2n) is 11.0. The minimum atomic E-state index is -1.13. The summed E-state index contributed by atoms with van der Waals surface area (Å²) in [5, 5.41) is 14.7. The van der Waals surface area contributed by atoms with E-state index in [0.717, 1.165) is 37.3 Å². The van der Waals surface area contributed by atoms with Crippen molar-refractivity contribution in [3.63, 3.8) is 0 Å². The van der Waals surface area contributed by atoms with Gasteiger partial charge in [-0.2, -0.15) is 0 Å². The Hall–Kier alpha value is -2.04. The van der Waals surface area contributed by atoms with Crippen LogP contribution < -0.4 is 5.32 Å². The molecule has 0 unspecified atom stereocenters. The molecule has 0 aliphatic carbocycles. The number of likely N-dealkylation sites (tertiary alicyclic amines) is 1. The number of likely N-dealkylation sites (N-methyl/N-ethyl adjacent to an activating group) is 2. The van der Waals surface area contributed by atoms with E-state index in [0.29, 0.717) is 23.4 Å². The van der Waals surface area contributed by atoms with Gasteiger partial charge in [0.05, 0.1) is 6.04 Å². The predicted octanol–water partition coefficient (Wildman–Crippen LogP) is 4.05. The number of hydrogen-bond acceptors (Lipinski definition) is 8. The zero-order valence-corrected chi connectivity index (χ0v) is 24.5. The Balaban J connectivity index is 2.22. The SMILES string of the molecule is CC[C@H](C)[C@H](NC[C@H]1C[C@H](C)CCN1C)C(=O)N(C)[C@H](C[C@@H](OC(C)=O)c1nc(C(=O)O)cs1)C(C)C. The molecular formula is C27H46N4O5S. The van der Waals surface area contributed by atoms with Crippen LogP contribution >= 0.6 is 11.3 Å². The molecule has 9 nitrogen and oxygen atoms in total. The molecule has 1 saturated heterocycles. The molecule has 1 amide bonds. The summed E-state index contributed by atoms with van der Waals surface area (Å²) in [5.74, 6) is -0.675. The Morgan fingerprint density at radius 3 is 2.54 bits per heavy atom. The third-order valence-electron chi connectivity index (χ3n) is 7.72. The first kappa shape index (κ1) is 31.2. The summed E-state index contributed by atoms with van der Waals surface area (Å²) in [7, 11) is 3.97. The molecule has 2 N–H and O–H groups in total. The molecule has 0 bridgehead atoms. The van der Waals surface area contributed by atoms with E-state index in [1.165, 1.54) is 18.7 Å². The number of carbonyl (C=O) groups excluding carboxylic acids is 2. The minimum absolute atomic E-state index is 0.0199. The van der Waals surface area contributed by atoms with Gasteiger partial charge in [-0.25, -0.2) is 9.78 Å². The number of carbonyl (C=O) groups is 3. The number of carboxylic acid groups (broad SMARTS) is 1. The lowest BCUT2D eigenvalue weighted by atomic mass is 9.91. The minimum Gasteiger partial charge on any atom is -0.476 e. The van der Waals surface area contributed by atoms with Crippen LogP contribution in [0.5, 0.6) is 0 Å². The number of aromatic carboxylic acids is 1. The molecule has 0 spiro atoms. The molecule has 1 fully saturated rings. The fourth-order valence-corrected chi connectivity index (χ4v) is 5.88. The van der Waals surface area contributed by atoms with Crippen LogP contribution in [-0.4, -0.2) is 83.0 Å². The number of rotatable bonds is 13. The molecule has 2 rings (SSSR count). The maximum atomic E-state index is 13.9. The summed E-state index contributed by atoms with van der Waals surface area (Å²) < 4.78 is 5.57. The molecule has 37 heavy (non-hydrogen) atoms. The van der Waals surface area contributed by atoms with Crippen molar-refractivity contribution in [1.29, 1.82) is 0 Å². The van der Waals surface area contributed by atoms with Gasteiger partial charge < -0.3 is 25.0 Å². The number of hydrogen-bond donors (Lipinski definition) is 2. The molecule has 0 aromatic carbocycles. The second-order valence-corrected chi connectivity index (χ2v) is 11.9. The summed E-state index contributed by atoms with van der Waals surface area (Å²) in [6.07, 6.45) is 2.79. The average molecular weight is 539 g/mol. The number of amides is 1. The fraction of sp³-hybridized carbons (Fsp3) is 0.778. The topological polar surface area (TPSA) is 112 Å². The second kappa shape index (κ2) is 14.2. The maximum Gasteiger partial charge on any atom is 0.355 e. The van der Waals surface area contributed by atoms with Gasteiger partial charge in [-0.05, 0) is 44.2 Å². The Labute approximate surface area is 226 Å². The summed E-state index contributed by atoms with van der Waals surface area (Å²) in [5.41, 5.74) is -0.0780. The monoisotopic (exact) mass is 538 g/mol. The van der Waals surface area contributed by atoms with Crippen LogP contribution in [0.1, 0.15) is 88.8 Å². The van der Waals surface area contributed by atoms with Crippen molar-refractivity contribution in [2.24, 2.45) is 17.8 Å². The molecule has 6 atom stereocenters. The number of piperidine rings is 1. The van der Waals surface area contributed by atoms with Crippen molar-refractivity contribution in [3.8, 4) is 0 Å². The number of carboxylic acids is 1. The van der Waals surface area contributed by atoms with Crippen molar-refractivity contribution >= 4 is 29.2 Å². The Kier molecular flexibility index (Phi) is 12.0. The average Bonchev–Trinajstić information content (AvgIpc) is 3.33. The highest BCUT2D eigenvalue weighted by atomic mass is 32.1. The molecule has 0 radical (unpaired) electrons. The first-order valence-corrected chi connectivity index (χ1v) is 14.3. The Morgan fingerprint density at radius 2 is 2.00 bits per heavy atom. The largest absolute Gasteiger partial charge is 0.476 e. The van der Waals surface area contributed by atoms with E-state index in [-0.39, 0.29) is 35.5 Å². The smallest absolute Gasteiger partial charge is 0.355 e. The van der Waals surface area contributed by atoms with Gasteiger partial charge in [-0.15, -0.1) is 11.3 Å². The molecule has 1 aliphatic heterocycles. The predicted molar refractivity (Wildman–Crippen MR) is 146 cm³/mol. The van der Waals surface area contributed by atoms with Crippen LogP contribution in [-0.2, 0) is 14.3 Å². The van der Waals surface area contributed by atoms with E-state index in [1.54, 1.807) is 4.90 Å². The van der Waals surface area contributed by atoms with E-state index in [4.69, 9.17) is 4.74 Å². The summed E-state index contributed by atoms with van der Waals surface area (Å²) >= 11 is 1.15. The van der Waals surface area contributed by atoms with Crippen LogP contribution in [0.4, 0.5) is 0 Å². The Morgan fingerprint density at radius 1 is 1.32 bits per heavy atom. The lowest BCUT2D eigenvalue weighted by Crippen LogP contribution is -2.56. The number of nitrogens with zero attached hydrogens (tertiary/aromatic N) is 3. The Bertz CT molecular complexity index is 907. The van der Waals surface area contributed by atoms with Crippen LogP contribution in [0.15, 0.2) is 5.38 Å². The van der Waals surface area contributed by atoms with Gasteiger partial charge >= 0.3 is 11.9 Å². The lowest BCUT2D eigenvalue weighted by molar-refractivity contribution is -0.148. The number of thiazole rings is 1. The normalized spacial score (nSPS) is 21.8. The fourth-order valence-electron chi connectivity index (χ4n) is 5.05. The zero-order valence-electron chi connectivity index (χ0n) is 23.7. The zero-order chi connectivity index (χ0) is 27.9. The van der Waals surface area contributed by atoms with Gasteiger partial charge in [0.15, 0.2) is 11.8 Å². The molecule has 10 heteroatoms. The highest BCUT2D eigenvalue weighted by Gasteiger charge is 2.35. The van der Waals surface area contributed by atoms with Crippen molar-refractivity contribution in [2.75, 3.05) is 27.2 Å². The van der Waals surface area contributed by atoms with Gasteiger partial charge in [-0.1, -0.05) is 41.0 Å². The maximum absolute atomic E-state index is 13.9. The van der Waals surface area contributed by atoms with E-state index in [9.17, 15) is 19.5 Å². The molecule has 1 aromatic heterocycles. The number of aromatic nitrogens is 1. The van der Waals surface area contributed by atoms with Crippen molar-refractivity contribution < 1.29 is 24.2 Å². The first-order chi connectivity index (χ1) is 17.3. The van der Waals surface area contributed by atoms with Gasteiger partial charge in [0.25, 0.3) is 0 Å². The standard InChI is InChI=1S/C27H46N4O5S/c1-9-18(5)24(28-14-20-12-17(4)10-11-30(20)7)26(33)31(8)22(16(2)3)13-23(36-19(6)32)25-29-21(15-37-25)27(34)35/h15-18,20,22-24,28H,9-14H2,1-8H3,(H,34,35)/t17-,18+,20-,22-,23-,24+/m1/s1. The van der Waals surface area contributed by atoms with Crippen molar-refractivity contribution in [3.05, 3.63) is 16.1 Å².